The molecule has 5 N–H and O–H groups in total. The van der Waals surface area contributed by atoms with Crippen molar-refractivity contribution in [3.8, 4) is 11.3 Å². The Kier molecular flexibility index (Phi) is 7.27. The highest BCUT2D eigenvalue weighted by atomic mass is 35.5. The maximum atomic E-state index is 13.7. The Morgan fingerprint density at radius 1 is 1.09 bits per heavy atom. The second kappa shape index (κ2) is 10.9. The number of imidazole rings is 1. The molecule has 12 nitrogen and oxygen atoms in total. The van der Waals surface area contributed by atoms with Gasteiger partial charge in [-0.05, 0) is 31.0 Å². The summed E-state index contributed by atoms with van der Waals surface area (Å²) < 4.78 is 70.0. The summed E-state index contributed by atoms with van der Waals surface area (Å²) in [6.07, 6.45) is -2.12. The molecule has 4 fully saturated rings. The van der Waals surface area contributed by atoms with Gasteiger partial charge >= 0.3 is 12.2 Å². The zero-order chi connectivity index (χ0) is 33.6. The average Bonchev–Trinajstić information content (AvgIpc) is 3.48. The minimum atomic E-state index is -4.94. The van der Waals surface area contributed by atoms with Crippen LogP contribution in [0.2, 0.25) is 5.02 Å². The van der Waals surface area contributed by atoms with Crippen molar-refractivity contribution < 1.29 is 36.3 Å². The topological polar surface area (TPSA) is 152 Å². The number of rotatable bonds is 7. The summed E-state index contributed by atoms with van der Waals surface area (Å²) in [7, 11) is 1.31. The van der Waals surface area contributed by atoms with Gasteiger partial charge in [-0.3, -0.25) is 14.3 Å². The van der Waals surface area contributed by atoms with Gasteiger partial charge in [-0.2, -0.15) is 18.3 Å². The third-order valence-corrected chi connectivity index (χ3v) is 9.65. The van der Waals surface area contributed by atoms with E-state index in [1.54, 1.807) is 4.90 Å². The molecule has 7 rings (SSSR count). The average molecular weight is 682 g/mol. The minimum Gasteiger partial charge on any atom is -0.349 e. The third kappa shape index (κ3) is 5.79. The number of benzene rings is 1. The SMILES string of the molecule is Cn1c(-c2cn(C3CC3(F)F)nc2C(F)(F)F)cnc1C(=O)Nc1ccc(C(=O)NC2[C@H]3CN(C(=O)NC4CC(N)C4)C[C@@H]23)c(Cl)c1. The van der Waals surface area contributed by atoms with Crippen LogP contribution in [0.5, 0.6) is 0 Å². The molecule has 3 heterocycles. The lowest BCUT2D eigenvalue weighted by atomic mass is 9.88. The van der Waals surface area contributed by atoms with Gasteiger partial charge in [0.15, 0.2) is 11.5 Å². The van der Waals surface area contributed by atoms with E-state index in [1.165, 1.54) is 25.2 Å². The lowest BCUT2D eigenvalue weighted by Crippen LogP contribution is -2.54. The van der Waals surface area contributed by atoms with Crippen molar-refractivity contribution in [3.63, 3.8) is 0 Å². The van der Waals surface area contributed by atoms with Gasteiger partial charge in [0, 0.05) is 68.4 Å². The fourth-order valence-corrected chi connectivity index (χ4v) is 6.72. The number of nitrogens with zero attached hydrogens (tertiary/aromatic N) is 5. The van der Waals surface area contributed by atoms with Crippen LogP contribution in [0.4, 0.5) is 32.4 Å². The number of carbonyl (C=O) groups is 3. The molecule has 18 heteroatoms. The van der Waals surface area contributed by atoms with Crippen molar-refractivity contribution in [1.82, 2.24) is 34.9 Å². The maximum Gasteiger partial charge on any atom is 0.435 e. The quantitative estimate of drug-likeness (QED) is 0.280. The van der Waals surface area contributed by atoms with Gasteiger partial charge in [0.05, 0.1) is 28.0 Å². The van der Waals surface area contributed by atoms with Gasteiger partial charge in [0.1, 0.15) is 6.04 Å². The van der Waals surface area contributed by atoms with Gasteiger partial charge in [-0.15, -0.1) is 0 Å². The van der Waals surface area contributed by atoms with Crippen molar-refractivity contribution >= 4 is 35.1 Å². The number of hydrogen-bond donors (Lipinski definition) is 4. The number of fused-ring (bicyclic) bond motifs is 1. The van der Waals surface area contributed by atoms with Crippen LogP contribution in [0.3, 0.4) is 0 Å². The van der Waals surface area contributed by atoms with E-state index in [-0.39, 0.29) is 63.8 Å². The summed E-state index contributed by atoms with van der Waals surface area (Å²) in [5.41, 5.74) is 4.11. The molecule has 1 saturated heterocycles. The molecule has 3 aromatic rings. The Morgan fingerprint density at radius 2 is 1.77 bits per heavy atom. The van der Waals surface area contributed by atoms with E-state index >= 15 is 0 Å². The number of alkyl halides is 5. The largest absolute Gasteiger partial charge is 0.435 e. The van der Waals surface area contributed by atoms with E-state index in [0.717, 1.165) is 29.8 Å². The van der Waals surface area contributed by atoms with Gasteiger partial charge in [-0.1, -0.05) is 11.6 Å². The molecular formula is C29H29ClF5N9O3. The number of nitrogens with one attached hydrogen (secondary N) is 3. The van der Waals surface area contributed by atoms with Crippen molar-refractivity contribution in [2.45, 2.75) is 55.5 Å². The van der Waals surface area contributed by atoms with Crippen LogP contribution in [0, 0.1) is 11.8 Å². The van der Waals surface area contributed by atoms with E-state index < -0.39 is 47.6 Å². The number of nitrogens with two attached hydrogens (primary N) is 1. The number of hydrogen-bond acceptors (Lipinski definition) is 6. The Labute approximate surface area is 268 Å². The predicted octanol–water partition coefficient (Wildman–Crippen LogP) is 3.65. The molecule has 4 atom stereocenters. The molecule has 4 aliphatic rings. The number of urea groups is 1. The normalized spacial score (nSPS) is 27.1. The number of piperidine rings is 1. The lowest BCUT2D eigenvalue weighted by Gasteiger charge is -2.34. The number of amides is 4. The van der Waals surface area contributed by atoms with E-state index in [9.17, 15) is 36.3 Å². The summed E-state index contributed by atoms with van der Waals surface area (Å²) in [4.78, 5) is 44.2. The Hall–Kier alpha value is -4.25. The molecule has 1 aromatic carbocycles. The van der Waals surface area contributed by atoms with Crippen molar-refractivity contribution in [2.75, 3.05) is 18.4 Å². The predicted molar refractivity (Wildman–Crippen MR) is 157 cm³/mol. The van der Waals surface area contributed by atoms with E-state index in [4.69, 9.17) is 17.3 Å². The smallest absolute Gasteiger partial charge is 0.349 e. The second-order valence-electron chi connectivity index (χ2n) is 12.6. The van der Waals surface area contributed by atoms with Gasteiger partial charge in [0.25, 0.3) is 17.7 Å². The number of anilines is 1. The van der Waals surface area contributed by atoms with Crippen LogP contribution in [-0.4, -0.2) is 79.2 Å². The molecule has 3 saturated carbocycles. The van der Waals surface area contributed by atoms with E-state index in [0.29, 0.717) is 17.8 Å². The first-order chi connectivity index (χ1) is 22.1. The fourth-order valence-electron chi connectivity index (χ4n) is 6.45. The summed E-state index contributed by atoms with van der Waals surface area (Å²) in [5, 5.41) is 11.9. The molecule has 250 valence electrons. The lowest BCUT2D eigenvalue weighted by molar-refractivity contribution is -0.141. The Balaban J connectivity index is 0.971. The van der Waals surface area contributed by atoms with Gasteiger partial charge in [-0.25, -0.2) is 18.6 Å². The summed E-state index contributed by atoms with van der Waals surface area (Å²) in [6, 6.07) is 2.77. The zero-order valence-electron chi connectivity index (χ0n) is 24.7. The van der Waals surface area contributed by atoms with Crippen LogP contribution in [-0.2, 0) is 13.2 Å². The molecule has 0 bridgehead atoms. The van der Waals surface area contributed by atoms with Crippen LogP contribution >= 0.6 is 11.6 Å². The standard InChI is InChI=1S/C29H29ClF5N9O3/c1-42-20(18-11-44(21-7-28(21,31)32)41-23(18)29(33,34)35)8-37-24(42)26(46)38-13-2-3-15(19(30)6-13)25(45)40-22-16-9-43(10-17(16)22)27(47)39-14-4-12(36)5-14/h2-3,6,8,11-12,14,16-17,21-22H,4-5,7,9-10,36H2,1H3,(H,38,46)(H,39,47)(H,40,45)/t12?,14?,16-,17+,21?,22?. The zero-order valence-corrected chi connectivity index (χ0v) is 25.4. The maximum absolute atomic E-state index is 13.7. The van der Waals surface area contributed by atoms with E-state index in [2.05, 4.69) is 26.0 Å². The third-order valence-electron chi connectivity index (χ3n) is 9.33. The van der Waals surface area contributed by atoms with E-state index in [1.807, 2.05) is 0 Å². The molecule has 4 amide bonds. The van der Waals surface area contributed by atoms with Crippen LogP contribution in [0.15, 0.2) is 30.6 Å². The molecule has 3 aliphatic carbocycles. The minimum absolute atomic E-state index is 0.0467. The molecule has 47 heavy (non-hydrogen) atoms. The highest BCUT2D eigenvalue weighted by Gasteiger charge is 2.60. The molecule has 2 unspecified atom stereocenters. The van der Waals surface area contributed by atoms with Gasteiger partial charge < -0.3 is 31.2 Å². The van der Waals surface area contributed by atoms with Crippen LogP contribution < -0.4 is 21.7 Å². The van der Waals surface area contributed by atoms with Crippen molar-refractivity contribution in [3.05, 3.63) is 52.7 Å². The molecular weight excluding hydrogens is 653 g/mol. The summed E-state index contributed by atoms with van der Waals surface area (Å²) in [6.45, 7) is 1.06. The molecule has 0 spiro atoms. The van der Waals surface area contributed by atoms with Crippen molar-refractivity contribution in [1.29, 1.82) is 0 Å². The summed E-state index contributed by atoms with van der Waals surface area (Å²) in [5.74, 6) is -4.33. The monoisotopic (exact) mass is 681 g/mol. The Morgan fingerprint density at radius 3 is 2.36 bits per heavy atom. The fraction of sp³-hybridized carbons (Fsp3) is 0.483. The Bertz CT molecular complexity index is 1770. The van der Waals surface area contributed by atoms with Crippen molar-refractivity contribution in [2.24, 2.45) is 24.6 Å². The number of likely N-dealkylation sites (tertiary alicyclic amines) is 1. The molecule has 1 aliphatic heterocycles. The second-order valence-corrected chi connectivity index (χ2v) is 13.0. The summed E-state index contributed by atoms with van der Waals surface area (Å²) >= 11 is 6.38. The first-order valence-electron chi connectivity index (χ1n) is 14.9. The van der Waals surface area contributed by atoms with Crippen LogP contribution in [0.25, 0.3) is 11.3 Å². The number of carbonyl (C=O) groups excluding carboxylic acids is 3. The number of aromatic nitrogens is 4. The highest BCUT2D eigenvalue weighted by molar-refractivity contribution is 6.34. The first kappa shape index (κ1) is 31.4. The molecule has 2 aromatic heterocycles. The van der Waals surface area contributed by atoms with Gasteiger partial charge in [0.2, 0.25) is 0 Å². The van der Waals surface area contributed by atoms with Crippen LogP contribution in [0.1, 0.15) is 52.0 Å². The molecule has 0 radical (unpaired) electrons. The highest BCUT2D eigenvalue weighted by Crippen LogP contribution is 2.53. The number of halogens is 6. The first-order valence-corrected chi connectivity index (χ1v) is 15.3.